The maximum atomic E-state index is 14.1. The van der Waals surface area contributed by atoms with Gasteiger partial charge in [-0.2, -0.15) is 0 Å². The van der Waals surface area contributed by atoms with Crippen LogP contribution in [0.5, 0.6) is 0 Å². The SMILES string of the molecule is CC1(O)CCCN(c2nccc(CO)c2F)CC1. The number of aliphatic hydroxyl groups is 2. The lowest BCUT2D eigenvalue weighted by Crippen LogP contribution is -2.29. The Bertz CT molecular complexity index is 423. The van der Waals surface area contributed by atoms with Crippen molar-refractivity contribution in [3.8, 4) is 0 Å². The van der Waals surface area contributed by atoms with E-state index in [1.54, 1.807) is 0 Å². The van der Waals surface area contributed by atoms with Crippen molar-refractivity contribution in [1.82, 2.24) is 4.98 Å². The van der Waals surface area contributed by atoms with Crippen LogP contribution in [0.4, 0.5) is 10.2 Å². The van der Waals surface area contributed by atoms with Gasteiger partial charge in [-0.05, 0) is 32.3 Å². The first kappa shape index (κ1) is 13.2. The quantitative estimate of drug-likeness (QED) is 0.839. The summed E-state index contributed by atoms with van der Waals surface area (Å²) in [6.07, 6.45) is 3.62. The molecule has 2 heterocycles. The molecule has 1 saturated heterocycles. The van der Waals surface area contributed by atoms with E-state index in [1.807, 2.05) is 11.8 Å². The third-order valence-electron chi connectivity index (χ3n) is 3.48. The number of rotatable bonds is 2. The highest BCUT2D eigenvalue weighted by Gasteiger charge is 2.26. The predicted octanol–water partition coefficient (Wildman–Crippen LogP) is 1.45. The van der Waals surface area contributed by atoms with E-state index in [9.17, 15) is 9.50 Å². The Hall–Kier alpha value is -1.20. The van der Waals surface area contributed by atoms with Crippen LogP contribution in [-0.2, 0) is 6.61 Å². The van der Waals surface area contributed by atoms with Crippen molar-refractivity contribution in [3.63, 3.8) is 0 Å². The Morgan fingerprint density at radius 3 is 2.94 bits per heavy atom. The van der Waals surface area contributed by atoms with Gasteiger partial charge < -0.3 is 15.1 Å². The molecule has 0 radical (unpaired) electrons. The summed E-state index contributed by atoms with van der Waals surface area (Å²) >= 11 is 0. The van der Waals surface area contributed by atoms with Gasteiger partial charge in [0.05, 0.1) is 12.2 Å². The van der Waals surface area contributed by atoms with E-state index in [0.717, 1.165) is 6.42 Å². The number of aromatic nitrogens is 1. The summed E-state index contributed by atoms with van der Waals surface area (Å²) in [6, 6.07) is 1.48. The smallest absolute Gasteiger partial charge is 0.171 e. The second-order valence-electron chi connectivity index (χ2n) is 5.10. The van der Waals surface area contributed by atoms with Gasteiger partial charge in [-0.3, -0.25) is 0 Å². The van der Waals surface area contributed by atoms with Crippen LogP contribution in [0, 0.1) is 5.82 Å². The van der Waals surface area contributed by atoms with E-state index in [4.69, 9.17) is 5.11 Å². The second-order valence-corrected chi connectivity index (χ2v) is 5.10. The molecule has 1 aliphatic heterocycles. The highest BCUT2D eigenvalue weighted by Crippen LogP contribution is 2.26. The van der Waals surface area contributed by atoms with Crippen LogP contribution < -0.4 is 4.90 Å². The molecule has 1 fully saturated rings. The van der Waals surface area contributed by atoms with Gasteiger partial charge in [-0.25, -0.2) is 9.37 Å². The highest BCUT2D eigenvalue weighted by molar-refractivity contribution is 5.43. The summed E-state index contributed by atoms with van der Waals surface area (Å²) in [7, 11) is 0. The number of hydrogen-bond acceptors (Lipinski definition) is 4. The number of anilines is 1. The van der Waals surface area contributed by atoms with Gasteiger partial charge in [0.25, 0.3) is 0 Å². The molecule has 1 unspecified atom stereocenters. The fourth-order valence-electron chi connectivity index (χ4n) is 2.29. The largest absolute Gasteiger partial charge is 0.392 e. The maximum absolute atomic E-state index is 14.1. The molecule has 1 aromatic rings. The van der Waals surface area contributed by atoms with Gasteiger partial charge in [0, 0.05) is 24.8 Å². The van der Waals surface area contributed by atoms with Crippen LogP contribution >= 0.6 is 0 Å². The molecule has 18 heavy (non-hydrogen) atoms. The molecule has 0 spiro atoms. The van der Waals surface area contributed by atoms with Crippen LogP contribution in [0.2, 0.25) is 0 Å². The van der Waals surface area contributed by atoms with Crippen molar-refractivity contribution >= 4 is 5.82 Å². The van der Waals surface area contributed by atoms with Gasteiger partial charge in [0.15, 0.2) is 11.6 Å². The first-order valence-electron chi connectivity index (χ1n) is 6.25. The minimum atomic E-state index is -0.681. The lowest BCUT2D eigenvalue weighted by Gasteiger charge is -2.24. The summed E-state index contributed by atoms with van der Waals surface area (Å²) in [5.74, 6) is -0.180. The summed E-state index contributed by atoms with van der Waals surface area (Å²) in [5, 5.41) is 19.1. The van der Waals surface area contributed by atoms with Crippen molar-refractivity contribution in [2.24, 2.45) is 0 Å². The molecule has 0 aromatic carbocycles. The van der Waals surface area contributed by atoms with Crippen molar-refractivity contribution in [1.29, 1.82) is 0 Å². The molecule has 0 bridgehead atoms. The molecule has 1 aliphatic rings. The number of pyridine rings is 1. The fourth-order valence-corrected chi connectivity index (χ4v) is 2.29. The Morgan fingerprint density at radius 2 is 2.22 bits per heavy atom. The van der Waals surface area contributed by atoms with Crippen molar-refractivity contribution in [2.75, 3.05) is 18.0 Å². The highest BCUT2D eigenvalue weighted by atomic mass is 19.1. The molecule has 2 rings (SSSR count). The minimum Gasteiger partial charge on any atom is -0.392 e. The Kier molecular flexibility index (Phi) is 3.82. The molecule has 5 heteroatoms. The third-order valence-corrected chi connectivity index (χ3v) is 3.48. The number of nitrogens with zero attached hydrogens (tertiary/aromatic N) is 2. The van der Waals surface area contributed by atoms with Crippen LogP contribution in [-0.4, -0.2) is 33.9 Å². The predicted molar refractivity (Wildman–Crippen MR) is 66.8 cm³/mol. The van der Waals surface area contributed by atoms with E-state index in [0.29, 0.717) is 25.9 Å². The molecule has 100 valence electrons. The molecule has 1 aromatic heterocycles. The zero-order chi connectivity index (χ0) is 13.2. The van der Waals surface area contributed by atoms with Crippen LogP contribution in [0.1, 0.15) is 31.7 Å². The average Bonchev–Trinajstić information content (AvgIpc) is 2.51. The Balaban J connectivity index is 2.21. The van der Waals surface area contributed by atoms with Crippen LogP contribution in [0.25, 0.3) is 0 Å². The van der Waals surface area contributed by atoms with E-state index in [-0.39, 0.29) is 18.0 Å². The first-order chi connectivity index (χ1) is 8.53. The molecule has 4 nitrogen and oxygen atoms in total. The minimum absolute atomic E-state index is 0.260. The number of hydrogen-bond donors (Lipinski definition) is 2. The van der Waals surface area contributed by atoms with Gasteiger partial charge in [-0.15, -0.1) is 0 Å². The summed E-state index contributed by atoms with van der Waals surface area (Å²) in [4.78, 5) is 5.90. The average molecular weight is 254 g/mol. The molecule has 0 aliphatic carbocycles. The summed E-state index contributed by atoms with van der Waals surface area (Å²) < 4.78 is 14.1. The molecule has 0 saturated carbocycles. The monoisotopic (exact) mass is 254 g/mol. The molecule has 2 N–H and O–H groups in total. The Morgan fingerprint density at radius 1 is 1.44 bits per heavy atom. The summed E-state index contributed by atoms with van der Waals surface area (Å²) in [5.41, 5.74) is -0.421. The van der Waals surface area contributed by atoms with Crippen molar-refractivity contribution < 1.29 is 14.6 Å². The lowest BCUT2D eigenvalue weighted by molar-refractivity contribution is 0.0481. The van der Waals surface area contributed by atoms with Gasteiger partial charge in [-0.1, -0.05) is 0 Å². The molecule has 1 atom stereocenters. The van der Waals surface area contributed by atoms with Gasteiger partial charge in [0.2, 0.25) is 0 Å². The molecule has 0 amide bonds. The fraction of sp³-hybridized carbons (Fsp3) is 0.615. The van der Waals surface area contributed by atoms with Crippen LogP contribution in [0.15, 0.2) is 12.3 Å². The van der Waals surface area contributed by atoms with E-state index >= 15 is 0 Å². The van der Waals surface area contributed by atoms with Crippen molar-refractivity contribution in [2.45, 2.75) is 38.4 Å². The molecular weight excluding hydrogens is 235 g/mol. The topological polar surface area (TPSA) is 56.6 Å². The zero-order valence-corrected chi connectivity index (χ0v) is 10.6. The molecular formula is C13H19FN2O2. The Labute approximate surface area is 106 Å². The first-order valence-corrected chi connectivity index (χ1v) is 6.25. The van der Waals surface area contributed by atoms with E-state index in [2.05, 4.69) is 4.98 Å². The second kappa shape index (κ2) is 5.20. The maximum Gasteiger partial charge on any atom is 0.171 e. The lowest BCUT2D eigenvalue weighted by atomic mass is 9.98. The summed E-state index contributed by atoms with van der Waals surface area (Å²) in [6.45, 7) is 2.73. The number of aliphatic hydroxyl groups excluding tert-OH is 1. The van der Waals surface area contributed by atoms with E-state index < -0.39 is 11.4 Å². The van der Waals surface area contributed by atoms with Gasteiger partial charge >= 0.3 is 0 Å². The van der Waals surface area contributed by atoms with E-state index in [1.165, 1.54) is 12.3 Å². The number of halogens is 1. The normalized spacial score (nSPS) is 25.0. The standard InChI is InChI=1S/C13H19FN2O2/c1-13(18)4-2-7-16(8-5-13)12-11(14)10(9-17)3-6-15-12/h3,6,17-18H,2,4-5,7-9H2,1H3. The third kappa shape index (κ3) is 2.79. The zero-order valence-electron chi connectivity index (χ0n) is 10.6. The van der Waals surface area contributed by atoms with Crippen molar-refractivity contribution in [3.05, 3.63) is 23.6 Å². The van der Waals surface area contributed by atoms with Crippen LogP contribution in [0.3, 0.4) is 0 Å². The van der Waals surface area contributed by atoms with Gasteiger partial charge in [0.1, 0.15) is 0 Å².